The Morgan fingerprint density at radius 2 is 0.863 bits per heavy atom. The van der Waals surface area contributed by atoms with Gasteiger partial charge in [-0.05, 0) is 109 Å². The van der Waals surface area contributed by atoms with E-state index in [0.717, 1.165) is 33.6 Å². The first-order chi connectivity index (χ1) is 45.3. The molecule has 0 aliphatic carbocycles. The van der Waals surface area contributed by atoms with E-state index in [1.807, 2.05) is 18.2 Å². The number of hydrogen-bond acceptors (Lipinski definition) is 22. The minimum Gasteiger partial charge on any atom is -0.506 e. The first-order valence-corrected chi connectivity index (χ1v) is 34.4. The maximum absolute atomic E-state index is 11.6. The van der Waals surface area contributed by atoms with E-state index in [2.05, 4.69) is 71.1 Å². The maximum atomic E-state index is 11.6. The Labute approximate surface area is 560 Å². The Morgan fingerprint density at radius 3 is 1.24 bits per heavy atom. The van der Waals surface area contributed by atoms with Gasteiger partial charge < -0.3 is 30.9 Å². The Morgan fingerprint density at radius 1 is 0.484 bits per heavy atom. The Hall–Kier alpha value is -10.3. The topological polar surface area (TPSA) is 450 Å². The summed E-state index contributed by atoms with van der Waals surface area (Å²) in [4.78, 5) is 25.7. The SMILES string of the molecule is COc1cc(-c2[nH]ncc2-c2ccnc(Nc3cccc(S(N)(=O)=O)c3)n2)ccc1Cl.COc1cc(-c2[nH]ncc2-c2ccnc(S(C)=O)n2)ccc1Cl.NS(=O)(=O)c1cccc(Nc2nccc(-c3cn[nH]c3-c3ccc(Cl)c(O)c3)n2)c1.Nc1cccc(S(N)(=O)=O)c1. The number of methoxy groups -OCH3 is 2. The Balaban J connectivity index is 0.000000156. The number of nitrogens with two attached hydrogens (primary N) is 4. The normalized spacial score (nSPS) is 11.5. The summed E-state index contributed by atoms with van der Waals surface area (Å²) < 4.78 is 89.8. The zero-order valence-electron chi connectivity index (χ0n) is 49.5. The number of nitrogens with one attached hydrogen (secondary N) is 5. The number of aromatic nitrogens is 12. The van der Waals surface area contributed by atoms with Gasteiger partial charge >= 0.3 is 0 Å². The number of aromatic hydroxyl groups is 1. The average Bonchev–Trinajstić information content (AvgIpc) is 1.75. The molecular weight excluding hydrogens is 1370 g/mol. The van der Waals surface area contributed by atoms with Crippen LogP contribution in [0.4, 0.5) is 29.0 Å². The highest BCUT2D eigenvalue weighted by Crippen LogP contribution is 2.38. The number of ether oxygens (including phenoxy) is 2. The number of halogens is 3. The van der Waals surface area contributed by atoms with Gasteiger partial charge in [-0.3, -0.25) is 19.5 Å². The molecule has 0 bridgehead atoms. The van der Waals surface area contributed by atoms with E-state index >= 15 is 0 Å². The van der Waals surface area contributed by atoms with Gasteiger partial charge in [-0.2, -0.15) is 15.3 Å². The number of nitrogens with zero attached hydrogens (tertiary/aromatic N) is 9. The summed E-state index contributed by atoms with van der Waals surface area (Å²) in [5, 5.41) is 53.8. The number of H-pyrrole nitrogens is 3. The molecule has 0 radical (unpaired) electrons. The van der Waals surface area contributed by atoms with Crippen LogP contribution in [0.15, 0.2) is 203 Å². The third-order valence-electron chi connectivity index (χ3n) is 13.1. The van der Waals surface area contributed by atoms with Gasteiger partial charge in [0.2, 0.25) is 47.1 Å². The van der Waals surface area contributed by atoms with Crippen LogP contribution < -0.4 is 41.3 Å². The van der Waals surface area contributed by atoms with E-state index in [-0.39, 0.29) is 42.5 Å². The molecule has 0 saturated heterocycles. The molecule has 1 unspecified atom stereocenters. The molecule has 6 aromatic carbocycles. The van der Waals surface area contributed by atoms with Crippen molar-refractivity contribution in [3.05, 3.63) is 198 Å². The quantitative estimate of drug-likeness (QED) is 0.0317. The number of phenolic OH excluding ortho intramolecular Hbond substituents is 1. The van der Waals surface area contributed by atoms with E-state index in [1.165, 1.54) is 48.5 Å². The second-order valence-electron chi connectivity index (χ2n) is 19.6. The zero-order valence-corrected chi connectivity index (χ0v) is 55.1. The van der Waals surface area contributed by atoms with Crippen LogP contribution in [0.5, 0.6) is 17.2 Å². The molecule has 0 amide bonds. The van der Waals surface area contributed by atoms with Crippen molar-refractivity contribution < 1.29 is 44.0 Å². The van der Waals surface area contributed by atoms with Crippen LogP contribution >= 0.6 is 34.8 Å². The van der Waals surface area contributed by atoms with Crippen LogP contribution in [0.25, 0.3) is 67.5 Å². The van der Waals surface area contributed by atoms with Gasteiger partial charge in [0.05, 0.1) is 108 Å². The smallest absolute Gasteiger partial charge is 0.238 e. The Bertz CT molecular complexity index is 5140. The van der Waals surface area contributed by atoms with Gasteiger partial charge in [0, 0.05) is 75.3 Å². The van der Waals surface area contributed by atoms with Gasteiger partial charge in [0.1, 0.15) is 17.2 Å². The molecule has 12 rings (SSSR count). The van der Waals surface area contributed by atoms with Crippen molar-refractivity contribution >= 4 is 105 Å². The number of sulfonamides is 3. The molecule has 12 aromatic rings. The molecule has 488 valence electrons. The average molecular weight is 1420 g/mol. The molecule has 0 saturated carbocycles. The van der Waals surface area contributed by atoms with Crippen LogP contribution in [0.3, 0.4) is 0 Å². The van der Waals surface area contributed by atoms with E-state index < -0.39 is 40.9 Å². The first-order valence-electron chi connectivity index (χ1n) is 27.0. The van der Waals surface area contributed by atoms with Crippen molar-refractivity contribution in [2.24, 2.45) is 15.4 Å². The molecule has 1 atom stereocenters. The number of hydrogen-bond donors (Lipinski definition) is 10. The summed E-state index contributed by atoms with van der Waals surface area (Å²) >= 11 is 18.1. The summed E-state index contributed by atoms with van der Waals surface area (Å²) in [7, 11) is -9.39. The van der Waals surface area contributed by atoms with Crippen LogP contribution in [0.1, 0.15) is 0 Å². The first kappa shape index (κ1) is 69.1. The number of nitrogen functional groups attached to an aromatic ring is 1. The van der Waals surface area contributed by atoms with Gasteiger partial charge in [-0.15, -0.1) is 0 Å². The van der Waals surface area contributed by atoms with Crippen LogP contribution in [-0.2, 0) is 40.9 Å². The highest BCUT2D eigenvalue weighted by molar-refractivity contribution is 7.89. The lowest BCUT2D eigenvalue weighted by Crippen LogP contribution is -2.12. The summed E-state index contributed by atoms with van der Waals surface area (Å²) in [6, 6.07) is 38.8. The van der Waals surface area contributed by atoms with E-state index in [1.54, 1.807) is 137 Å². The molecule has 95 heavy (non-hydrogen) atoms. The fraction of sp³-hybridized carbons (Fsp3) is 0.0500. The lowest BCUT2D eigenvalue weighted by atomic mass is 10.1. The number of primary sulfonamides is 3. The maximum Gasteiger partial charge on any atom is 0.238 e. The predicted molar refractivity (Wildman–Crippen MR) is 362 cm³/mol. The summed E-state index contributed by atoms with van der Waals surface area (Å²) in [5.74, 6) is 1.60. The van der Waals surface area contributed by atoms with Crippen molar-refractivity contribution in [1.29, 1.82) is 0 Å². The fourth-order valence-electron chi connectivity index (χ4n) is 8.62. The molecule has 6 heterocycles. The van der Waals surface area contributed by atoms with Crippen molar-refractivity contribution in [2.45, 2.75) is 19.8 Å². The number of anilines is 5. The minimum absolute atomic E-state index is 0.0116. The lowest BCUT2D eigenvalue weighted by molar-refractivity contribution is 0.415. The summed E-state index contributed by atoms with van der Waals surface area (Å²) in [6.45, 7) is 0. The monoisotopic (exact) mass is 1420 g/mol. The second kappa shape index (κ2) is 30.2. The predicted octanol–water partition coefficient (Wildman–Crippen LogP) is 9.72. The molecule has 6 aromatic heterocycles. The number of benzene rings is 6. The van der Waals surface area contributed by atoms with Crippen LogP contribution in [-0.4, -0.2) is 116 Å². The second-order valence-corrected chi connectivity index (χ2v) is 26.7. The van der Waals surface area contributed by atoms with E-state index in [9.17, 15) is 34.6 Å². The molecule has 0 aliphatic heterocycles. The number of rotatable bonds is 16. The zero-order chi connectivity index (χ0) is 68.2. The van der Waals surface area contributed by atoms with Crippen molar-refractivity contribution in [2.75, 3.05) is 36.8 Å². The fourth-order valence-corrected chi connectivity index (χ4v) is 11.2. The van der Waals surface area contributed by atoms with Crippen molar-refractivity contribution in [1.82, 2.24) is 60.5 Å². The third kappa shape index (κ3) is 17.9. The lowest BCUT2D eigenvalue weighted by Gasteiger charge is -2.09. The molecule has 0 fully saturated rings. The van der Waals surface area contributed by atoms with Crippen molar-refractivity contribution in [3.63, 3.8) is 0 Å². The molecule has 0 spiro atoms. The minimum atomic E-state index is -3.83. The van der Waals surface area contributed by atoms with E-state index in [4.69, 9.17) is 65.4 Å². The highest BCUT2D eigenvalue weighted by atomic mass is 35.5. The van der Waals surface area contributed by atoms with Gasteiger partial charge in [-0.1, -0.05) is 71.2 Å². The molecule has 14 N–H and O–H groups in total. The van der Waals surface area contributed by atoms with Crippen LogP contribution in [0, 0.1) is 0 Å². The summed E-state index contributed by atoms with van der Waals surface area (Å²) in [6.07, 6.45) is 11.2. The van der Waals surface area contributed by atoms with Gasteiger partial charge in [-0.25, -0.2) is 70.6 Å². The van der Waals surface area contributed by atoms with Gasteiger partial charge in [0.25, 0.3) is 0 Å². The van der Waals surface area contributed by atoms with Crippen LogP contribution in [0.2, 0.25) is 15.1 Å². The molecular formula is C60H53Cl3N18O10S4. The third-order valence-corrected chi connectivity index (χ3v) is 17.5. The van der Waals surface area contributed by atoms with E-state index in [0.29, 0.717) is 72.5 Å². The number of aromatic amines is 3. The largest absolute Gasteiger partial charge is 0.506 e. The standard InChI is InChI=1S/C20H17ClN6O3S.C19H15ClN6O3S.C15H13ClN4O2S.C6H8N2O2S/c1-30-18-9-12(5-6-16(18)21)19-15(11-24-27-19)17-7-8-23-20(26-17)25-13-3-2-4-14(10-13)31(22,28)29;20-15-5-4-11(8-17(15)27)18-14(10-23-26-18)16-6-7-22-19(25-16)24-12-2-1-3-13(9-12)30(21,28)29;1-22-13-7-9(3-4-11(13)16)14-10(8-18-20-14)12-5-6-17-15(19-12)23(2)21;7-5-2-1-3-6(4-5)11(8,9)10/h2-11H,1H3,(H,24,27)(H2,22,28,29)(H,23,25,26);1-10,27H,(H,23,26)(H2,21,28,29)(H,22,24,25);3-8H,1-2H3,(H,18,20);1-4H,7H2,(H2,8,9,10). The summed E-state index contributed by atoms with van der Waals surface area (Å²) in [5.41, 5.74) is 15.2. The highest BCUT2D eigenvalue weighted by Gasteiger charge is 2.19. The van der Waals surface area contributed by atoms with Crippen molar-refractivity contribution in [3.8, 4) is 84.8 Å². The molecule has 28 nitrogen and oxygen atoms in total. The number of phenols is 1. The molecule has 35 heteroatoms. The molecule has 0 aliphatic rings. The Kier molecular flexibility index (Phi) is 22.0. The van der Waals surface area contributed by atoms with Gasteiger partial charge in [0.15, 0.2) is 0 Å².